The van der Waals surface area contributed by atoms with E-state index in [-0.39, 0.29) is 18.0 Å². The molecule has 1 aromatic rings. The van der Waals surface area contributed by atoms with Crippen LogP contribution >= 0.6 is 0 Å². The molecule has 1 aliphatic rings. The van der Waals surface area contributed by atoms with E-state index >= 15 is 0 Å². The summed E-state index contributed by atoms with van der Waals surface area (Å²) in [5, 5.41) is 0. The zero-order valence-corrected chi connectivity index (χ0v) is 11.4. The van der Waals surface area contributed by atoms with Crippen molar-refractivity contribution in [3.05, 3.63) is 29.6 Å². The molecule has 0 saturated heterocycles. The molecule has 2 atom stereocenters. The molecule has 0 amide bonds. The molecule has 2 rings (SSSR count). The first-order valence-corrected chi connectivity index (χ1v) is 6.91. The smallest absolute Gasteiger partial charge is 0.123 e. The average molecular weight is 267 g/mol. The van der Waals surface area contributed by atoms with Crippen molar-refractivity contribution in [1.82, 2.24) is 0 Å². The summed E-state index contributed by atoms with van der Waals surface area (Å²) in [5.41, 5.74) is 6.41. The average Bonchev–Trinajstić information content (AvgIpc) is 2.42. The number of methoxy groups -OCH3 is 1. The van der Waals surface area contributed by atoms with E-state index in [9.17, 15) is 4.39 Å². The lowest BCUT2D eigenvalue weighted by Gasteiger charge is -2.29. The first-order chi connectivity index (χ1) is 9.22. The van der Waals surface area contributed by atoms with Gasteiger partial charge < -0.3 is 15.2 Å². The molecule has 1 saturated carbocycles. The van der Waals surface area contributed by atoms with Gasteiger partial charge in [0.2, 0.25) is 0 Å². The van der Waals surface area contributed by atoms with E-state index in [0.29, 0.717) is 13.0 Å². The molecule has 0 heterocycles. The third-order valence-corrected chi connectivity index (χ3v) is 3.64. The molecule has 2 N–H and O–H groups in total. The van der Waals surface area contributed by atoms with E-state index in [1.54, 1.807) is 13.2 Å². The number of rotatable bonds is 5. The minimum absolute atomic E-state index is 0.153. The quantitative estimate of drug-likeness (QED) is 0.892. The molecule has 0 spiro atoms. The van der Waals surface area contributed by atoms with Gasteiger partial charge in [0.1, 0.15) is 17.7 Å². The molecule has 1 fully saturated rings. The predicted molar refractivity (Wildman–Crippen MR) is 72.8 cm³/mol. The van der Waals surface area contributed by atoms with E-state index in [4.69, 9.17) is 15.2 Å². The standard InChI is InChI=1S/C15H22FNO2/c1-18-13-3-2-4-14(10-13)19-15-6-5-12(16)9-11(15)7-8-17/h5-6,9,13-14H,2-4,7-8,10,17H2,1H3. The monoisotopic (exact) mass is 267 g/mol. The van der Waals surface area contributed by atoms with E-state index in [1.807, 2.05) is 0 Å². The van der Waals surface area contributed by atoms with Gasteiger partial charge >= 0.3 is 0 Å². The van der Waals surface area contributed by atoms with Gasteiger partial charge in [-0.15, -0.1) is 0 Å². The summed E-state index contributed by atoms with van der Waals surface area (Å²) in [6, 6.07) is 4.65. The van der Waals surface area contributed by atoms with Crippen LogP contribution in [0.2, 0.25) is 0 Å². The van der Waals surface area contributed by atoms with Gasteiger partial charge in [-0.3, -0.25) is 0 Å². The first kappa shape index (κ1) is 14.3. The summed E-state index contributed by atoms with van der Waals surface area (Å²) in [7, 11) is 1.74. The normalized spacial score (nSPS) is 23.3. The van der Waals surface area contributed by atoms with Gasteiger partial charge in [0, 0.05) is 13.5 Å². The van der Waals surface area contributed by atoms with Crippen LogP contribution in [0.4, 0.5) is 4.39 Å². The second-order valence-electron chi connectivity index (χ2n) is 5.05. The van der Waals surface area contributed by atoms with Crippen molar-refractivity contribution < 1.29 is 13.9 Å². The van der Waals surface area contributed by atoms with Crippen molar-refractivity contribution in [3.8, 4) is 5.75 Å². The molecular formula is C15H22FNO2. The SMILES string of the molecule is COC1CCCC(Oc2ccc(F)cc2CCN)C1. The Morgan fingerprint density at radius 2 is 2.11 bits per heavy atom. The molecule has 0 radical (unpaired) electrons. The zero-order chi connectivity index (χ0) is 13.7. The van der Waals surface area contributed by atoms with E-state index in [2.05, 4.69) is 0 Å². The highest BCUT2D eigenvalue weighted by atomic mass is 19.1. The van der Waals surface area contributed by atoms with Gasteiger partial charge in [0.15, 0.2) is 0 Å². The lowest BCUT2D eigenvalue weighted by atomic mass is 9.95. The Morgan fingerprint density at radius 3 is 2.84 bits per heavy atom. The molecule has 1 aromatic carbocycles. The third-order valence-electron chi connectivity index (χ3n) is 3.64. The summed E-state index contributed by atoms with van der Waals surface area (Å²) < 4.78 is 24.7. The molecule has 0 aromatic heterocycles. The van der Waals surface area contributed by atoms with Gasteiger partial charge in [-0.05, 0) is 56.0 Å². The van der Waals surface area contributed by atoms with Gasteiger partial charge in [-0.25, -0.2) is 4.39 Å². The van der Waals surface area contributed by atoms with Crippen molar-refractivity contribution in [1.29, 1.82) is 0 Å². The van der Waals surface area contributed by atoms with Gasteiger partial charge in [-0.1, -0.05) is 0 Å². The second-order valence-corrected chi connectivity index (χ2v) is 5.05. The van der Waals surface area contributed by atoms with E-state index < -0.39 is 0 Å². The van der Waals surface area contributed by atoms with E-state index in [1.165, 1.54) is 12.1 Å². The Labute approximate surface area is 113 Å². The van der Waals surface area contributed by atoms with Crippen LogP contribution in [-0.2, 0) is 11.2 Å². The van der Waals surface area contributed by atoms with Crippen molar-refractivity contribution in [3.63, 3.8) is 0 Å². The maximum absolute atomic E-state index is 13.2. The fourth-order valence-corrected chi connectivity index (χ4v) is 2.62. The summed E-state index contributed by atoms with van der Waals surface area (Å²) >= 11 is 0. The predicted octanol–water partition coefficient (Wildman–Crippen LogP) is 2.66. The van der Waals surface area contributed by atoms with Crippen LogP contribution in [0.3, 0.4) is 0 Å². The van der Waals surface area contributed by atoms with Crippen LogP contribution in [0.25, 0.3) is 0 Å². The number of hydrogen-bond acceptors (Lipinski definition) is 3. The van der Waals surface area contributed by atoms with Crippen LogP contribution in [0.15, 0.2) is 18.2 Å². The zero-order valence-electron chi connectivity index (χ0n) is 11.4. The maximum atomic E-state index is 13.2. The molecule has 3 nitrogen and oxygen atoms in total. The summed E-state index contributed by atoms with van der Waals surface area (Å²) in [6.07, 6.45) is 5.19. The van der Waals surface area contributed by atoms with Gasteiger partial charge in [0.25, 0.3) is 0 Å². The van der Waals surface area contributed by atoms with Crippen molar-refractivity contribution in [2.75, 3.05) is 13.7 Å². The lowest BCUT2D eigenvalue weighted by Crippen LogP contribution is -2.29. The van der Waals surface area contributed by atoms with Crippen LogP contribution in [0.5, 0.6) is 5.75 Å². The van der Waals surface area contributed by atoms with Crippen LogP contribution in [-0.4, -0.2) is 25.9 Å². The van der Waals surface area contributed by atoms with E-state index in [0.717, 1.165) is 37.0 Å². The fraction of sp³-hybridized carbons (Fsp3) is 0.600. The first-order valence-electron chi connectivity index (χ1n) is 6.91. The topological polar surface area (TPSA) is 44.5 Å². The molecule has 4 heteroatoms. The largest absolute Gasteiger partial charge is 0.490 e. The molecule has 106 valence electrons. The van der Waals surface area contributed by atoms with Crippen molar-refractivity contribution in [2.45, 2.75) is 44.3 Å². The molecule has 0 bridgehead atoms. The second kappa shape index (κ2) is 6.87. The number of nitrogens with two attached hydrogens (primary N) is 1. The minimum Gasteiger partial charge on any atom is -0.490 e. The molecule has 1 aliphatic carbocycles. The Morgan fingerprint density at radius 1 is 1.32 bits per heavy atom. The number of hydrogen-bond donors (Lipinski definition) is 1. The number of benzene rings is 1. The Bertz CT molecular complexity index is 411. The summed E-state index contributed by atoms with van der Waals surface area (Å²) in [5.74, 6) is 0.516. The Hall–Kier alpha value is -1.13. The lowest BCUT2D eigenvalue weighted by molar-refractivity contribution is 0.0206. The number of halogens is 1. The molecule has 2 unspecified atom stereocenters. The molecule has 0 aliphatic heterocycles. The molecular weight excluding hydrogens is 245 g/mol. The molecule has 19 heavy (non-hydrogen) atoms. The minimum atomic E-state index is -0.241. The van der Waals surface area contributed by atoms with Crippen molar-refractivity contribution in [2.24, 2.45) is 5.73 Å². The van der Waals surface area contributed by atoms with Crippen LogP contribution < -0.4 is 10.5 Å². The highest BCUT2D eigenvalue weighted by Gasteiger charge is 2.23. The van der Waals surface area contributed by atoms with Crippen LogP contribution in [0.1, 0.15) is 31.2 Å². The third kappa shape index (κ3) is 3.91. The van der Waals surface area contributed by atoms with Gasteiger partial charge in [0.05, 0.1) is 6.10 Å². The summed E-state index contributed by atoms with van der Waals surface area (Å²) in [4.78, 5) is 0. The van der Waals surface area contributed by atoms with Crippen molar-refractivity contribution >= 4 is 0 Å². The van der Waals surface area contributed by atoms with Crippen LogP contribution in [0, 0.1) is 5.82 Å². The Balaban J connectivity index is 2.05. The highest BCUT2D eigenvalue weighted by molar-refractivity contribution is 5.34. The fourth-order valence-electron chi connectivity index (χ4n) is 2.62. The summed E-state index contributed by atoms with van der Waals surface area (Å²) in [6.45, 7) is 0.491. The Kier molecular flexibility index (Phi) is 5.16. The maximum Gasteiger partial charge on any atom is 0.123 e. The highest BCUT2D eigenvalue weighted by Crippen LogP contribution is 2.28. The number of ether oxygens (including phenoxy) is 2. The van der Waals surface area contributed by atoms with Gasteiger partial charge in [-0.2, -0.15) is 0 Å².